The minimum absolute atomic E-state index is 0. The third kappa shape index (κ3) is 4270. The fourth-order valence-corrected chi connectivity index (χ4v) is 0. The van der Waals surface area contributed by atoms with E-state index in [1.807, 2.05) is 0 Å². The van der Waals surface area contributed by atoms with Crippen LogP contribution in [-0.2, 0) is 9.13 Å². The quantitative estimate of drug-likeness (QED) is 0.186. The number of hydrogen-bond donors (Lipinski definition) is 6. The Morgan fingerprint density at radius 3 is 0.933 bits per heavy atom. The number of carbonyl (C=O) groups is 1. The summed E-state index contributed by atoms with van der Waals surface area (Å²) in [5.74, 6) is 0. The second-order valence-electron chi connectivity index (χ2n) is 1.38. The van der Waals surface area contributed by atoms with Crippen LogP contribution in [0.5, 0.6) is 0 Å². The summed E-state index contributed by atoms with van der Waals surface area (Å²) in [6.45, 7) is 0. The minimum atomic E-state index is -4.89. The predicted molar refractivity (Wildman–Crippen MR) is 43.6 cm³/mol. The zero-order chi connectivity index (χ0) is 12.6. The molecular weight excluding hydrogens is 286 g/mol. The fourth-order valence-electron chi connectivity index (χ4n) is 0. The molecule has 0 aromatic rings. The Morgan fingerprint density at radius 1 is 0.933 bits per heavy atom. The van der Waals surface area contributed by atoms with Gasteiger partial charge in [-0.2, -0.15) is 0 Å². The molecule has 0 radical (unpaired) electrons. The van der Waals surface area contributed by atoms with Crippen molar-refractivity contribution in [1.82, 2.24) is 0 Å². The van der Waals surface area contributed by atoms with Crippen LogP contribution in [0, 0.1) is 0 Å². The number of amides is 2. The van der Waals surface area contributed by atoms with E-state index >= 15 is 0 Å². The van der Waals surface area contributed by atoms with Gasteiger partial charge >= 0.3 is 43.8 Å². The van der Waals surface area contributed by atoms with Gasteiger partial charge in [-0.15, -0.1) is 0 Å². The molecule has 0 saturated heterocycles. The third-order valence-corrected chi connectivity index (χ3v) is 0. The zero-order valence-electron chi connectivity index (χ0n) is 7.09. The van der Waals surface area contributed by atoms with Crippen molar-refractivity contribution >= 4 is 59.4 Å². The van der Waals surface area contributed by atoms with Crippen LogP contribution < -0.4 is 21.3 Å². The number of phosphoric acid groups is 2. The van der Waals surface area contributed by atoms with Crippen molar-refractivity contribution in [1.29, 1.82) is 0 Å². The largest absolute Gasteiger partial charge is 2.00 e. The number of carbonyl (C=O) groups excluding carboxylic acids is 1. The first-order valence-corrected chi connectivity index (χ1v) is 5.37. The van der Waals surface area contributed by atoms with E-state index in [0.29, 0.717) is 0 Å². The summed E-state index contributed by atoms with van der Waals surface area (Å²) in [5.41, 5.74) is 8.50. The van der Waals surface area contributed by atoms with Crippen LogP contribution in [0.2, 0.25) is 0 Å². The van der Waals surface area contributed by atoms with Crippen molar-refractivity contribution in [2.24, 2.45) is 11.5 Å². The van der Waals surface area contributed by atoms with Gasteiger partial charge in [0, 0.05) is 0 Å². The first-order chi connectivity index (χ1) is 5.73. The van der Waals surface area contributed by atoms with Gasteiger partial charge in [0.15, 0.2) is 0 Å². The molecule has 0 bridgehead atoms. The molecule has 88 valence electrons. The summed E-state index contributed by atoms with van der Waals surface area (Å²) in [6.07, 6.45) is 0. The summed E-state index contributed by atoms with van der Waals surface area (Å²) in [7, 11) is -9.78. The van der Waals surface area contributed by atoms with Crippen molar-refractivity contribution in [3.05, 3.63) is 0 Å². The Balaban J connectivity index is -0.0000000590. The molecule has 11 nitrogen and oxygen atoms in total. The van der Waals surface area contributed by atoms with Crippen LogP contribution >= 0.6 is 15.6 Å². The Labute approximate surface area is 114 Å². The molecule has 2 amide bonds. The molecule has 14 heteroatoms. The Bertz CT molecular complexity index is 202. The second kappa shape index (κ2) is 11.2. The predicted octanol–water partition coefficient (Wildman–Crippen LogP) is -4.48. The number of nitrogens with two attached hydrogens (primary N) is 2. The topological polar surface area (TPSA) is 230 Å². The van der Waals surface area contributed by atoms with Crippen molar-refractivity contribution < 1.29 is 43.3 Å². The van der Waals surface area contributed by atoms with Crippen molar-refractivity contribution in [3.63, 3.8) is 0 Å². The van der Waals surface area contributed by atoms with Gasteiger partial charge in [0.2, 0.25) is 0 Å². The fraction of sp³-hybridized carbons (Fsp3) is 0. The van der Waals surface area contributed by atoms with Crippen molar-refractivity contribution in [3.8, 4) is 0 Å². The third-order valence-electron chi connectivity index (χ3n) is 0. The van der Waals surface area contributed by atoms with Crippen LogP contribution in [0.3, 0.4) is 0 Å². The summed E-state index contributed by atoms with van der Waals surface area (Å²) < 4.78 is 17.5. The summed E-state index contributed by atoms with van der Waals surface area (Å²) in [5, 5.41) is 0. The molecule has 15 heavy (non-hydrogen) atoms. The van der Waals surface area contributed by atoms with Gasteiger partial charge in [-0.25, -0.2) is 4.79 Å². The average Bonchev–Trinajstić information content (AvgIpc) is 1.45. The maximum absolute atomic E-state index is 9.00. The van der Waals surface area contributed by atoms with E-state index in [4.69, 9.17) is 43.3 Å². The summed E-state index contributed by atoms with van der Waals surface area (Å²) >= 11 is 0. The van der Waals surface area contributed by atoms with E-state index in [-0.39, 0.29) is 37.7 Å². The number of rotatable bonds is 0. The van der Waals surface area contributed by atoms with E-state index in [2.05, 4.69) is 11.5 Å². The van der Waals surface area contributed by atoms with Gasteiger partial charge in [-0.3, -0.25) is 9.13 Å². The summed E-state index contributed by atoms with van der Waals surface area (Å²) in [4.78, 5) is 54.8. The van der Waals surface area contributed by atoms with Gasteiger partial charge in [-0.05, 0) is 0 Å². The van der Waals surface area contributed by atoms with Crippen LogP contribution in [0.25, 0.3) is 0 Å². The number of urea groups is 1. The Hall–Kier alpha value is 0.750. The van der Waals surface area contributed by atoms with Gasteiger partial charge in [0.25, 0.3) is 15.6 Å². The molecule has 8 N–H and O–H groups in total. The molecular formula is CH8CaN2O9P2. The molecule has 0 heterocycles. The molecule has 0 spiro atoms. The molecule has 0 aromatic carbocycles. The zero-order valence-corrected chi connectivity index (χ0v) is 11.1. The Morgan fingerprint density at radius 2 is 0.933 bits per heavy atom. The number of hydrogen-bond acceptors (Lipinski definition) is 5. The smallest absolute Gasteiger partial charge is 0.756 e. The van der Waals surface area contributed by atoms with Crippen LogP contribution in [-0.4, -0.2) is 63.3 Å². The average molecular weight is 294 g/mol. The van der Waals surface area contributed by atoms with Gasteiger partial charge in [0.1, 0.15) is 0 Å². The molecule has 0 fully saturated rings. The molecule has 0 aromatic heterocycles. The van der Waals surface area contributed by atoms with Crippen molar-refractivity contribution in [2.75, 3.05) is 0 Å². The number of primary amides is 2. The monoisotopic (exact) mass is 294 g/mol. The van der Waals surface area contributed by atoms with Crippen LogP contribution in [0.1, 0.15) is 0 Å². The van der Waals surface area contributed by atoms with Crippen molar-refractivity contribution in [2.45, 2.75) is 0 Å². The second-order valence-corrected chi connectivity index (χ2v) is 3.35. The first-order valence-electron chi connectivity index (χ1n) is 2.31. The van der Waals surface area contributed by atoms with Gasteiger partial charge < -0.3 is 40.8 Å². The molecule has 0 aliphatic heterocycles. The van der Waals surface area contributed by atoms with E-state index in [0.717, 1.165) is 0 Å². The molecule has 0 saturated carbocycles. The SMILES string of the molecule is NC(N)=O.O=P([O-])(O)O.O=P([O-])(O)O.[Ca+2]. The molecule has 0 aliphatic carbocycles. The summed E-state index contributed by atoms with van der Waals surface area (Å²) in [6, 6.07) is -0.833. The van der Waals surface area contributed by atoms with Gasteiger partial charge in [-0.1, -0.05) is 0 Å². The first kappa shape index (κ1) is 24.8. The van der Waals surface area contributed by atoms with E-state index in [9.17, 15) is 0 Å². The van der Waals surface area contributed by atoms with E-state index < -0.39 is 21.7 Å². The molecule has 0 unspecified atom stereocenters. The standard InChI is InChI=1S/CH4N2O.Ca.2H3O4P/c2-1(3)4;;2*1-5(2,3)4/h(H4,2,3,4);;2*(H3,1,2,3,4)/q;+2;;/p-2. The normalized spacial score (nSPS) is 9.47. The van der Waals surface area contributed by atoms with E-state index in [1.165, 1.54) is 0 Å². The van der Waals surface area contributed by atoms with Crippen LogP contribution in [0.15, 0.2) is 0 Å². The minimum Gasteiger partial charge on any atom is -0.756 e. The Kier molecular flexibility index (Phi) is 18.6. The molecule has 0 aliphatic rings. The van der Waals surface area contributed by atoms with Crippen LogP contribution in [0.4, 0.5) is 4.79 Å². The maximum atomic E-state index is 9.00. The molecule has 0 atom stereocenters. The van der Waals surface area contributed by atoms with E-state index in [1.54, 1.807) is 0 Å². The maximum Gasteiger partial charge on any atom is 2.00 e. The van der Waals surface area contributed by atoms with Gasteiger partial charge in [0.05, 0.1) is 0 Å². The molecule has 0 rings (SSSR count).